The summed E-state index contributed by atoms with van der Waals surface area (Å²) in [6, 6.07) is 9.66. The molecular formula is C14H12ClN5O2. The number of pyridine rings is 1. The molecule has 0 saturated carbocycles. The maximum atomic E-state index is 10.6. The van der Waals surface area contributed by atoms with Crippen molar-refractivity contribution >= 4 is 28.8 Å². The summed E-state index contributed by atoms with van der Waals surface area (Å²) in [4.78, 5) is 14.2. The zero-order valence-corrected chi connectivity index (χ0v) is 12.2. The summed E-state index contributed by atoms with van der Waals surface area (Å²) < 4.78 is 0. The van der Waals surface area contributed by atoms with Gasteiger partial charge in [-0.15, -0.1) is 0 Å². The summed E-state index contributed by atoms with van der Waals surface area (Å²) in [6.45, 7) is 1.03. The fourth-order valence-corrected chi connectivity index (χ4v) is 2.02. The maximum Gasteiger partial charge on any atom is 0.271 e. The van der Waals surface area contributed by atoms with Crippen LogP contribution in [-0.4, -0.2) is 23.0 Å². The Balaban J connectivity index is 1.89. The van der Waals surface area contributed by atoms with Crippen LogP contribution >= 0.6 is 11.6 Å². The summed E-state index contributed by atoms with van der Waals surface area (Å²) in [5.74, 6) is 0.515. The molecule has 7 nitrogen and oxygen atoms in total. The van der Waals surface area contributed by atoms with Crippen molar-refractivity contribution in [3.8, 4) is 6.07 Å². The van der Waals surface area contributed by atoms with E-state index in [1.54, 1.807) is 24.4 Å². The van der Waals surface area contributed by atoms with Crippen LogP contribution in [0.2, 0.25) is 5.02 Å². The summed E-state index contributed by atoms with van der Waals surface area (Å²) in [6.07, 6.45) is 1.60. The van der Waals surface area contributed by atoms with Crippen molar-refractivity contribution in [2.45, 2.75) is 0 Å². The predicted octanol–water partition coefficient (Wildman–Crippen LogP) is 3.04. The quantitative estimate of drug-likeness (QED) is 0.482. The van der Waals surface area contributed by atoms with Gasteiger partial charge in [-0.2, -0.15) is 5.26 Å². The van der Waals surface area contributed by atoms with Crippen LogP contribution in [0.1, 0.15) is 5.56 Å². The van der Waals surface area contributed by atoms with Gasteiger partial charge in [-0.05, 0) is 18.2 Å². The lowest BCUT2D eigenvalue weighted by Gasteiger charge is -2.10. The molecule has 1 aromatic carbocycles. The lowest BCUT2D eigenvalue weighted by molar-refractivity contribution is -0.384. The number of aromatic nitrogens is 1. The van der Waals surface area contributed by atoms with E-state index in [1.807, 2.05) is 6.07 Å². The molecule has 0 fully saturated rings. The van der Waals surface area contributed by atoms with Crippen LogP contribution in [0, 0.1) is 21.4 Å². The first-order valence-corrected chi connectivity index (χ1v) is 6.76. The molecule has 0 aliphatic rings. The fourth-order valence-electron chi connectivity index (χ4n) is 1.78. The van der Waals surface area contributed by atoms with Crippen molar-refractivity contribution in [1.29, 1.82) is 5.26 Å². The zero-order chi connectivity index (χ0) is 15.9. The second kappa shape index (κ2) is 7.24. The monoisotopic (exact) mass is 317 g/mol. The number of nitro groups is 1. The van der Waals surface area contributed by atoms with Crippen molar-refractivity contribution in [2.75, 3.05) is 23.7 Å². The number of nitrogens with one attached hydrogen (secondary N) is 2. The van der Waals surface area contributed by atoms with Crippen LogP contribution in [0.15, 0.2) is 36.5 Å². The Labute approximate surface area is 131 Å². The van der Waals surface area contributed by atoms with E-state index < -0.39 is 4.92 Å². The number of halogens is 1. The molecule has 0 unspecified atom stereocenters. The minimum absolute atomic E-state index is 0.0548. The first kappa shape index (κ1) is 15.5. The van der Waals surface area contributed by atoms with E-state index >= 15 is 0 Å². The lowest BCUT2D eigenvalue weighted by atomic mass is 10.2. The van der Waals surface area contributed by atoms with Gasteiger partial charge in [-0.25, -0.2) is 4.98 Å². The molecule has 1 aromatic heterocycles. The third kappa shape index (κ3) is 3.84. The number of hydrogen-bond donors (Lipinski definition) is 2. The third-order valence-electron chi connectivity index (χ3n) is 2.82. The van der Waals surface area contributed by atoms with Crippen LogP contribution in [-0.2, 0) is 0 Å². The molecule has 1 heterocycles. The van der Waals surface area contributed by atoms with Crippen LogP contribution in [0.25, 0.3) is 0 Å². The smallest absolute Gasteiger partial charge is 0.271 e. The minimum Gasteiger partial charge on any atom is -0.382 e. The highest BCUT2D eigenvalue weighted by Crippen LogP contribution is 2.26. The van der Waals surface area contributed by atoms with Gasteiger partial charge in [0.15, 0.2) is 0 Å². The largest absolute Gasteiger partial charge is 0.382 e. The molecule has 112 valence electrons. The van der Waals surface area contributed by atoms with Crippen LogP contribution < -0.4 is 10.6 Å². The van der Waals surface area contributed by atoms with E-state index in [0.717, 1.165) is 0 Å². The van der Waals surface area contributed by atoms with Crippen molar-refractivity contribution in [3.63, 3.8) is 0 Å². The summed E-state index contributed by atoms with van der Waals surface area (Å²) in [5.41, 5.74) is 1.02. The van der Waals surface area contributed by atoms with E-state index in [0.29, 0.717) is 30.2 Å². The molecule has 2 rings (SSSR count). The molecule has 0 aliphatic carbocycles. The molecule has 0 aliphatic heterocycles. The second-order valence-corrected chi connectivity index (χ2v) is 4.69. The Hall–Kier alpha value is -2.85. The van der Waals surface area contributed by atoms with Crippen LogP contribution in [0.4, 0.5) is 17.2 Å². The van der Waals surface area contributed by atoms with Gasteiger partial charge in [0.2, 0.25) is 0 Å². The summed E-state index contributed by atoms with van der Waals surface area (Å²) in [5, 5.41) is 25.9. The Morgan fingerprint density at radius 3 is 2.77 bits per heavy atom. The molecule has 0 spiro atoms. The number of benzene rings is 1. The maximum absolute atomic E-state index is 10.6. The predicted molar refractivity (Wildman–Crippen MR) is 84.0 cm³/mol. The molecule has 22 heavy (non-hydrogen) atoms. The SMILES string of the molecule is N#Cc1cccnc1NCCNc1ccc([N+](=O)[O-])cc1Cl. The molecule has 0 saturated heterocycles. The average Bonchev–Trinajstić information content (AvgIpc) is 2.52. The zero-order valence-electron chi connectivity index (χ0n) is 11.4. The Kier molecular flexibility index (Phi) is 5.11. The first-order valence-electron chi connectivity index (χ1n) is 6.38. The summed E-state index contributed by atoms with van der Waals surface area (Å²) in [7, 11) is 0. The van der Waals surface area contributed by atoms with Crippen molar-refractivity contribution < 1.29 is 4.92 Å². The molecule has 8 heteroatoms. The number of anilines is 2. The number of nitriles is 1. The molecule has 0 amide bonds. The van der Waals surface area contributed by atoms with E-state index in [1.165, 1.54) is 12.1 Å². The van der Waals surface area contributed by atoms with Gasteiger partial charge in [-0.1, -0.05) is 11.6 Å². The van der Waals surface area contributed by atoms with Gasteiger partial charge in [-0.3, -0.25) is 10.1 Å². The van der Waals surface area contributed by atoms with Gasteiger partial charge in [0.1, 0.15) is 11.9 Å². The lowest BCUT2D eigenvalue weighted by Crippen LogP contribution is -2.15. The van der Waals surface area contributed by atoms with E-state index in [2.05, 4.69) is 15.6 Å². The number of hydrogen-bond acceptors (Lipinski definition) is 6. The van der Waals surface area contributed by atoms with Gasteiger partial charge in [0.25, 0.3) is 5.69 Å². The van der Waals surface area contributed by atoms with E-state index in [-0.39, 0.29) is 10.7 Å². The highest BCUT2D eigenvalue weighted by Gasteiger charge is 2.09. The van der Waals surface area contributed by atoms with Gasteiger partial charge < -0.3 is 10.6 Å². The average molecular weight is 318 g/mol. The Bertz CT molecular complexity index is 729. The fraction of sp³-hybridized carbons (Fsp3) is 0.143. The second-order valence-electron chi connectivity index (χ2n) is 4.29. The van der Waals surface area contributed by atoms with Gasteiger partial charge >= 0.3 is 0 Å². The standard InChI is InChI=1S/C14H12ClN5O2/c15-12-8-11(20(21)22)3-4-13(12)17-6-7-19-14-10(9-16)2-1-5-18-14/h1-5,8,17H,6-7H2,(H,18,19). The van der Waals surface area contributed by atoms with Crippen molar-refractivity contribution in [1.82, 2.24) is 4.98 Å². The minimum atomic E-state index is -0.498. The summed E-state index contributed by atoms with van der Waals surface area (Å²) >= 11 is 5.97. The third-order valence-corrected chi connectivity index (χ3v) is 3.14. The van der Waals surface area contributed by atoms with Gasteiger partial charge in [0.05, 0.1) is 21.2 Å². The molecule has 0 atom stereocenters. The van der Waals surface area contributed by atoms with Crippen molar-refractivity contribution in [3.05, 3.63) is 57.2 Å². The van der Waals surface area contributed by atoms with Crippen molar-refractivity contribution in [2.24, 2.45) is 0 Å². The number of non-ortho nitro benzene ring substituents is 1. The number of nitro benzene ring substituents is 1. The molecule has 0 bridgehead atoms. The molecule has 2 aromatic rings. The highest BCUT2D eigenvalue weighted by atomic mass is 35.5. The number of rotatable bonds is 6. The van der Waals surface area contributed by atoms with E-state index in [9.17, 15) is 10.1 Å². The van der Waals surface area contributed by atoms with Gasteiger partial charge in [0, 0.05) is 31.4 Å². The van der Waals surface area contributed by atoms with E-state index in [4.69, 9.17) is 16.9 Å². The highest BCUT2D eigenvalue weighted by molar-refractivity contribution is 6.33. The molecule has 2 N–H and O–H groups in total. The first-order chi connectivity index (χ1) is 10.6. The molecular weight excluding hydrogens is 306 g/mol. The topological polar surface area (TPSA) is 104 Å². The Morgan fingerprint density at radius 1 is 1.32 bits per heavy atom. The number of nitrogens with zero attached hydrogens (tertiary/aromatic N) is 3. The molecule has 0 radical (unpaired) electrons. The normalized spacial score (nSPS) is 9.82. The Morgan fingerprint density at radius 2 is 2.09 bits per heavy atom. The van der Waals surface area contributed by atoms with Crippen LogP contribution in [0.3, 0.4) is 0 Å². The van der Waals surface area contributed by atoms with Crippen LogP contribution in [0.5, 0.6) is 0 Å².